The summed E-state index contributed by atoms with van der Waals surface area (Å²) in [7, 11) is 1.90. The van der Waals surface area contributed by atoms with Crippen LogP contribution in [0.15, 0.2) is 23.4 Å². The van der Waals surface area contributed by atoms with Gasteiger partial charge in [-0.25, -0.2) is 9.78 Å². The number of carbonyl (C=O) groups is 1. The smallest absolute Gasteiger partial charge is 0.319 e. The van der Waals surface area contributed by atoms with Crippen LogP contribution in [-0.4, -0.2) is 26.5 Å². The first kappa shape index (κ1) is 17.3. The molecular weight excluding hydrogens is 310 g/mol. The Bertz CT molecular complexity index is 681. The van der Waals surface area contributed by atoms with Crippen LogP contribution in [-0.2, 0) is 7.05 Å². The molecule has 2 heterocycles. The molecule has 2 rings (SSSR count). The third kappa shape index (κ3) is 4.25. The van der Waals surface area contributed by atoms with Crippen LogP contribution < -0.4 is 10.6 Å². The van der Waals surface area contributed by atoms with E-state index in [0.29, 0.717) is 5.69 Å². The molecule has 2 aromatic heterocycles. The molecule has 0 fully saturated rings. The number of pyridine rings is 1. The number of nitrogens with one attached hydrogen (secondary N) is 2. The summed E-state index contributed by atoms with van der Waals surface area (Å²) in [6.45, 7) is 7.98. The van der Waals surface area contributed by atoms with Crippen LogP contribution in [0.2, 0.25) is 0 Å². The lowest BCUT2D eigenvalue weighted by atomic mass is 10.1. The van der Waals surface area contributed by atoms with Gasteiger partial charge >= 0.3 is 6.03 Å². The second kappa shape index (κ2) is 7.50. The molecule has 0 saturated heterocycles. The van der Waals surface area contributed by atoms with Crippen LogP contribution in [0, 0.1) is 13.8 Å². The van der Waals surface area contributed by atoms with E-state index < -0.39 is 0 Å². The summed E-state index contributed by atoms with van der Waals surface area (Å²) in [6.07, 6.45) is 1.67. The Morgan fingerprint density at radius 2 is 2.13 bits per heavy atom. The largest absolute Gasteiger partial charge is 0.331 e. The Kier molecular flexibility index (Phi) is 5.65. The van der Waals surface area contributed by atoms with E-state index >= 15 is 0 Å². The molecule has 6 nitrogen and oxygen atoms in total. The van der Waals surface area contributed by atoms with Crippen molar-refractivity contribution in [3.8, 4) is 0 Å². The molecule has 7 heteroatoms. The molecule has 0 unspecified atom stereocenters. The Morgan fingerprint density at radius 1 is 1.39 bits per heavy atom. The second-order valence-electron chi connectivity index (χ2n) is 5.35. The number of aromatic nitrogens is 3. The van der Waals surface area contributed by atoms with Crippen molar-refractivity contribution in [2.45, 2.75) is 38.8 Å². The van der Waals surface area contributed by atoms with E-state index in [1.807, 2.05) is 44.6 Å². The van der Waals surface area contributed by atoms with E-state index in [4.69, 9.17) is 0 Å². The van der Waals surface area contributed by atoms with Gasteiger partial charge in [-0.05, 0) is 38.7 Å². The molecule has 2 aromatic rings. The zero-order valence-electron chi connectivity index (χ0n) is 14.2. The molecule has 124 valence electrons. The predicted octanol–water partition coefficient (Wildman–Crippen LogP) is 3.43. The van der Waals surface area contributed by atoms with Gasteiger partial charge in [-0.2, -0.15) is 5.10 Å². The van der Waals surface area contributed by atoms with Crippen molar-refractivity contribution in [1.82, 2.24) is 20.1 Å². The van der Waals surface area contributed by atoms with Gasteiger partial charge in [0, 0.05) is 18.3 Å². The quantitative estimate of drug-likeness (QED) is 0.822. The number of amides is 2. The van der Waals surface area contributed by atoms with Gasteiger partial charge in [-0.15, -0.1) is 11.8 Å². The number of hydrogen-bond acceptors (Lipinski definition) is 4. The van der Waals surface area contributed by atoms with Crippen LogP contribution in [0.3, 0.4) is 0 Å². The minimum Gasteiger partial charge on any atom is -0.331 e. The number of thioether (sulfide) groups is 1. The highest BCUT2D eigenvalue weighted by molar-refractivity contribution is 7.99. The van der Waals surface area contributed by atoms with Crippen molar-refractivity contribution < 1.29 is 4.79 Å². The normalized spacial score (nSPS) is 12.0. The number of carbonyl (C=O) groups excluding carboxylic acids is 1. The Hall–Kier alpha value is -2.02. The molecule has 0 aliphatic rings. The van der Waals surface area contributed by atoms with Gasteiger partial charge in [-0.1, -0.05) is 6.92 Å². The third-order valence-corrected chi connectivity index (χ3v) is 4.46. The minimum absolute atomic E-state index is 0.119. The van der Waals surface area contributed by atoms with E-state index in [9.17, 15) is 4.79 Å². The molecule has 0 aliphatic carbocycles. The summed E-state index contributed by atoms with van der Waals surface area (Å²) in [5.41, 5.74) is 3.71. The lowest BCUT2D eigenvalue weighted by molar-refractivity contribution is 0.249. The summed E-state index contributed by atoms with van der Waals surface area (Å²) in [5, 5.41) is 11.1. The van der Waals surface area contributed by atoms with Crippen LogP contribution in [0.25, 0.3) is 0 Å². The van der Waals surface area contributed by atoms with E-state index in [1.165, 1.54) is 0 Å². The van der Waals surface area contributed by atoms with E-state index in [0.717, 1.165) is 27.7 Å². The maximum Gasteiger partial charge on any atom is 0.319 e. The van der Waals surface area contributed by atoms with Gasteiger partial charge < -0.3 is 10.6 Å². The van der Waals surface area contributed by atoms with Crippen molar-refractivity contribution in [2.24, 2.45) is 7.05 Å². The summed E-state index contributed by atoms with van der Waals surface area (Å²) in [4.78, 5) is 16.5. The Labute approximate surface area is 141 Å². The molecule has 2 amide bonds. The molecule has 0 aromatic carbocycles. The Morgan fingerprint density at radius 3 is 2.65 bits per heavy atom. The summed E-state index contributed by atoms with van der Waals surface area (Å²) < 4.78 is 1.83. The lowest BCUT2D eigenvalue weighted by Gasteiger charge is -2.15. The van der Waals surface area contributed by atoms with Crippen molar-refractivity contribution >= 4 is 23.5 Å². The van der Waals surface area contributed by atoms with Crippen molar-refractivity contribution in [3.63, 3.8) is 0 Å². The molecule has 1 atom stereocenters. The maximum absolute atomic E-state index is 12.2. The van der Waals surface area contributed by atoms with Gasteiger partial charge in [0.15, 0.2) is 0 Å². The maximum atomic E-state index is 12.2. The third-order valence-electron chi connectivity index (χ3n) is 3.63. The predicted molar refractivity (Wildman–Crippen MR) is 93.9 cm³/mol. The lowest BCUT2D eigenvalue weighted by Crippen LogP contribution is -2.31. The molecule has 2 N–H and O–H groups in total. The van der Waals surface area contributed by atoms with E-state index in [2.05, 4.69) is 27.6 Å². The first-order valence-electron chi connectivity index (χ1n) is 7.58. The zero-order chi connectivity index (χ0) is 17.0. The highest BCUT2D eigenvalue weighted by Crippen LogP contribution is 2.21. The topological polar surface area (TPSA) is 71.8 Å². The highest BCUT2D eigenvalue weighted by atomic mass is 32.2. The fourth-order valence-corrected chi connectivity index (χ4v) is 3.13. The van der Waals surface area contributed by atoms with E-state index in [-0.39, 0.29) is 12.1 Å². The van der Waals surface area contributed by atoms with Crippen LogP contribution >= 0.6 is 11.8 Å². The first-order valence-corrected chi connectivity index (χ1v) is 8.57. The van der Waals surface area contributed by atoms with Crippen LogP contribution in [0.1, 0.15) is 36.8 Å². The standard InChI is InChI=1S/C16H23N5OS/c1-6-23-14-8-7-13(9-17-14)19-16(22)18-10(2)15-11(3)20-21(5)12(15)4/h7-10H,6H2,1-5H3,(H2,18,19,22)/t10-/m0/s1. The number of urea groups is 1. The summed E-state index contributed by atoms with van der Waals surface area (Å²) in [5.74, 6) is 0.974. The molecule has 0 bridgehead atoms. The molecule has 0 spiro atoms. The van der Waals surface area contributed by atoms with Gasteiger partial charge in [0.05, 0.1) is 28.6 Å². The molecule has 0 saturated carbocycles. The molecule has 23 heavy (non-hydrogen) atoms. The average molecular weight is 333 g/mol. The fraction of sp³-hybridized carbons (Fsp3) is 0.438. The minimum atomic E-state index is -0.252. The number of nitrogens with zero attached hydrogens (tertiary/aromatic N) is 3. The van der Waals surface area contributed by atoms with E-state index in [1.54, 1.807) is 18.0 Å². The first-order chi connectivity index (χ1) is 10.9. The van der Waals surface area contributed by atoms with Crippen molar-refractivity contribution in [1.29, 1.82) is 0 Å². The monoisotopic (exact) mass is 333 g/mol. The Balaban J connectivity index is 1.98. The van der Waals surface area contributed by atoms with Crippen molar-refractivity contribution in [3.05, 3.63) is 35.3 Å². The summed E-state index contributed by atoms with van der Waals surface area (Å²) in [6, 6.07) is 3.39. The number of aryl methyl sites for hydroxylation is 2. The molecular formula is C16H23N5OS. The number of hydrogen-bond donors (Lipinski definition) is 2. The van der Waals surface area contributed by atoms with Crippen molar-refractivity contribution in [2.75, 3.05) is 11.1 Å². The zero-order valence-corrected chi connectivity index (χ0v) is 15.0. The summed E-state index contributed by atoms with van der Waals surface area (Å²) >= 11 is 1.67. The van der Waals surface area contributed by atoms with Gasteiger partial charge in [0.25, 0.3) is 0 Å². The SMILES string of the molecule is CCSc1ccc(NC(=O)N[C@@H](C)c2c(C)nn(C)c2C)cn1. The van der Waals surface area contributed by atoms with Gasteiger partial charge in [0.2, 0.25) is 0 Å². The fourth-order valence-electron chi connectivity index (χ4n) is 2.54. The highest BCUT2D eigenvalue weighted by Gasteiger charge is 2.18. The molecule has 0 radical (unpaired) electrons. The van der Waals surface area contributed by atoms with Gasteiger partial charge in [-0.3, -0.25) is 4.68 Å². The van der Waals surface area contributed by atoms with Crippen LogP contribution in [0.4, 0.5) is 10.5 Å². The van der Waals surface area contributed by atoms with Crippen LogP contribution in [0.5, 0.6) is 0 Å². The average Bonchev–Trinajstić information content (AvgIpc) is 2.74. The second-order valence-corrected chi connectivity index (χ2v) is 6.63. The number of rotatable bonds is 5. The van der Waals surface area contributed by atoms with Gasteiger partial charge in [0.1, 0.15) is 0 Å². The number of anilines is 1. The molecule has 0 aliphatic heterocycles.